The van der Waals surface area contributed by atoms with Crippen molar-refractivity contribution in [1.29, 1.82) is 0 Å². The molecule has 0 radical (unpaired) electrons. The Morgan fingerprint density at radius 1 is 1.33 bits per heavy atom. The molecule has 4 heteroatoms. The van der Waals surface area contributed by atoms with Gasteiger partial charge in [-0.1, -0.05) is 25.1 Å². The monoisotopic (exact) mass is 262 g/mol. The highest BCUT2D eigenvalue weighted by Gasteiger charge is 2.07. The Balaban J connectivity index is 2.07. The average Bonchev–Trinajstić information content (AvgIpc) is 2.77. The Morgan fingerprint density at radius 3 is 2.89 bits per heavy atom. The minimum Gasteiger partial charge on any atom is -0.439 e. The predicted molar refractivity (Wildman–Crippen MR) is 73.8 cm³/mol. The third kappa shape index (κ3) is 3.62. The van der Waals surface area contributed by atoms with E-state index in [4.69, 9.17) is 4.42 Å². The molecule has 1 N–H and O–H groups in total. The number of rotatable bonds is 6. The second-order valence-electron chi connectivity index (χ2n) is 4.14. The summed E-state index contributed by atoms with van der Waals surface area (Å²) in [5, 5.41) is 4.12. The van der Waals surface area contributed by atoms with Gasteiger partial charge in [0.25, 0.3) is 5.22 Å². The summed E-state index contributed by atoms with van der Waals surface area (Å²) in [7, 11) is 0. The molecule has 0 saturated heterocycles. The zero-order chi connectivity index (χ0) is 12.8. The number of oxazole rings is 1. The van der Waals surface area contributed by atoms with Crippen LogP contribution in [0.2, 0.25) is 0 Å². The minimum atomic E-state index is 0.704. The average molecular weight is 262 g/mol. The van der Waals surface area contributed by atoms with Crippen molar-refractivity contribution in [3.05, 3.63) is 41.8 Å². The molecule has 0 spiro atoms. The molecule has 2 rings (SSSR count). The Morgan fingerprint density at radius 2 is 2.17 bits per heavy atom. The number of aryl methyl sites for hydroxylation is 1. The van der Waals surface area contributed by atoms with E-state index in [0.29, 0.717) is 5.22 Å². The van der Waals surface area contributed by atoms with Gasteiger partial charge in [0.2, 0.25) is 0 Å². The van der Waals surface area contributed by atoms with Gasteiger partial charge in [-0.15, -0.1) is 0 Å². The second kappa shape index (κ2) is 6.61. The van der Waals surface area contributed by atoms with Crippen molar-refractivity contribution in [3.8, 4) is 0 Å². The largest absolute Gasteiger partial charge is 0.439 e. The summed E-state index contributed by atoms with van der Waals surface area (Å²) in [4.78, 5) is 5.52. The van der Waals surface area contributed by atoms with Gasteiger partial charge in [0, 0.05) is 11.4 Å². The SMILES string of the molecule is CCCNCc1ccccc1Sc1nc(C)co1. The van der Waals surface area contributed by atoms with Gasteiger partial charge in [-0.3, -0.25) is 0 Å². The molecule has 1 aromatic heterocycles. The molecule has 3 nitrogen and oxygen atoms in total. The van der Waals surface area contributed by atoms with E-state index in [1.54, 1.807) is 18.0 Å². The van der Waals surface area contributed by atoms with E-state index in [2.05, 4.69) is 35.4 Å². The van der Waals surface area contributed by atoms with Crippen LogP contribution >= 0.6 is 11.8 Å². The fraction of sp³-hybridized carbons (Fsp3) is 0.357. The maximum atomic E-state index is 5.38. The van der Waals surface area contributed by atoms with Gasteiger partial charge in [0.1, 0.15) is 6.26 Å². The second-order valence-corrected chi connectivity index (χ2v) is 5.13. The van der Waals surface area contributed by atoms with Crippen LogP contribution in [0.5, 0.6) is 0 Å². The summed E-state index contributed by atoms with van der Waals surface area (Å²) < 4.78 is 5.38. The van der Waals surface area contributed by atoms with Crippen LogP contribution in [-0.2, 0) is 6.54 Å². The molecule has 2 aromatic rings. The highest BCUT2D eigenvalue weighted by atomic mass is 32.2. The first-order valence-corrected chi connectivity index (χ1v) is 7.00. The number of hydrogen-bond donors (Lipinski definition) is 1. The van der Waals surface area contributed by atoms with E-state index in [1.807, 2.05) is 13.0 Å². The summed E-state index contributed by atoms with van der Waals surface area (Å²) in [5.74, 6) is 0. The van der Waals surface area contributed by atoms with Crippen molar-refractivity contribution in [3.63, 3.8) is 0 Å². The molecule has 0 unspecified atom stereocenters. The topological polar surface area (TPSA) is 38.1 Å². The number of benzene rings is 1. The van der Waals surface area contributed by atoms with Crippen LogP contribution in [0.3, 0.4) is 0 Å². The number of nitrogens with one attached hydrogen (secondary N) is 1. The lowest BCUT2D eigenvalue weighted by molar-refractivity contribution is 0.454. The predicted octanol–water partition coefficient (Wildman–Crippen LogP) is 3.63. The zero-order valence-electron chi connectivity index (χ0n) is 10.8. The molecule has 0 fully saturated rings. The van der Waals surface area contributed by atoms with Gasteiger partial charge < -0.3 is 9.73 Å². The molecule has 1 heterocycles. The summed E-state index contributed by atoms with van der Waals surface area (Å²) in [6.07, 6.45) is 2.83. The van der Waals surface area contributed by atoms with E-state index in [0.717, 1.165) is 25.2 Å². The maximum Gasteiger partial charge on any atom is 0.260 e. The molecule has 0 bridgehead atoms. The highest BCUT2D eigenvalue weighted by Crippen LogP contribution is 2.29. The van der Waals surface area contributed by atoms with Crippen LogP contribution in [0.1, 0.15) is 24.6 Å². The Labute approximate surface area is 112 Å². The summed E-state index contributed by atoms with van der Waals surface area (Å²) in [5.41, 5.74) is 2.20. The molecule has 96 valence electrons. The first kappa shape index (κ1) is 13.2. The molecule has 0 aliphatic carbocycles. The normalized spacial score (nSPS) is 10.8. The van der Waals surface area contributed by atoms with Crippen molar-refractivity contribution < 1.29 is 4.42 Å². The third-order valence-electron chi connectivity index (χ3n) is 2.51. The van der Waals surface area contributed by atoms with Crippen molar-refractivity contribution >= 4 is 11.8 Å². The first-order chi connectivity index (χ1) is 8.79. The van der Waals surface area contributed by atoms with Crippen molar-refractivity contribution in [2.24, 2.45) is 0 Å². The van der Waals surface area contributed by atoms with Gasteiger partial charge in [0.15, 0.2) is 0 Å². The van der Waals surface area contributed by atoms with Crippen molar-refractivity contribution in [1.82, 2.24) is 10.3 Å². The number of aromatic nitrogens is 1. The van der Waals surface area contributed by atoms with Gasteiger partial charge in [-0.2, -0.15) is 0 Å². The molecular weight excluding hydrogens is 244 g/mol. The number of nitrogens with zero attached hydrogens (tertiary/aromatic N) is 1. The first-order valence-electron chi connectivity index (χ1n) is 6.18. The Kier molecular flexibility index (Phi) is 4.84. The molecule has 0 aliphatic rings. The van der Waals surface area contributed by atoms with Crippen molar-refractivity contribution in [2.45, 2.75) is 36.9 Å². The summed E-state index contributed by atoms with van der Waals surface area (Å²) in [6, 6.07) is 8.35. The van der Waals surface area contributed by atoms with Crippen LogP contribution < -0.4 is 5.32 Å². The zero-order valence-corrected chi connectivity index (χ0v) is 11.6. The molecule has 1 aromatic carbocycles. The van der Waals surface area contributed by atoms with Gasteiger partial charge in [0.05, 0.1) is 5.69 Å². The van der Waals surface area contributed by atoms with E-state index < -0.39 is 0 Å². The Bertz CT molecular complexity index is 496. The van der Waals surface area contributed by atoms with Crippen LogP contribution in [0.4, 0.5) is 0 Å². The molecule has 0 saturated carbocycles. The van der Waals surface area contributed by atoms with E-state index >= 15 is 0 Å². The van der Waals surface area contributed by atoms with E-state index in [-0.39, 0.29) is 0 Å². The van der Waals surface area contributed by atoms with Gasteiger partial charge in [-0.25, -0.2) is 4.98 Å². The molecule has 0 atom stereocenters. The van der Waals surface area contributed by atoms with Crippen molar-refractivity contribution in [2.75, 3.05) is 6.54 Å². The fourth-order valence-electron chi connectivity index (χ4n) is 1.62. The van der Waals surface area contributed by atoms with Crippen LogP contribution in [-0.4, -0.2) is 11.5 Å². The van der Waals surface area contributed by atoms with E-state index in [9.17, 15) is 0 Å². The quantitative estimate of drug-likeness (QED) is 0.807. The molecule has 0 amide bonds. The summed E-state index contributed by atoms with van der Waals surface area (Å²) in [6.45, 7) is 6.03. The summed E-state index contributed by atoms with van der Waals surface area (Å²) >= 11 is 1.58. The molecule has 0 aliphatic heterocycles. The minimum absolute atomic E-state index is 0.704. The van der Waals surface area contributed by atoms with Gasteiger partial charge in [-0.05, 0) is 43.3 Å². The third-order valence-corrected chi connectivity index (χ3v) is 3.49. The standard InChI is InChI=1S/C14H18N2OS/c1-3-8-15-9-12-6-4-5-7-13(12)18-14-16-11(2)10-17-14/h4-7,10,15H,3,8-9H2,1-2H3. The van der Waals surface area contributed by atoms with Crippen LogP contribution in [0.15, 0.2) is 45.1 Å². The lowest BCUT2D eigenvalue weighted by Crippen LogP contribution is -2.14. The maximum absolute atomic E-state index is 5.38. The van der Waals surface area contributed by atoms with Crippen LogP contribution in [0.25, 0.3) is 0 Å². The fourth-order valence-corrected chi connectivity index (χ4v) is 2.51. The lowest BCUT2D eigenvalue weighted by Gasteiger charge is -2.08. The van der Waals surface area contributed by atoms with E-state index in [1.165, 1.54) is 10.5 Å². The molecule has 18 heavy (non-hydrogen) atoms. The number of hydrogen-bond acceptors (Lipinski definition) is 4. The smallest absolute Gasteiger partial charge is 0.260 e. The van der Waals surface area contributed by atoms with Crippen LogP contribution in [0, 0.1) is 6.92 Å². The Hall–Kier alpha value is -1.26. The molecular formula is C14H18N2OS. The highest BCUT2D eigenvalue weighted by molar-refractivity contribution is 7.99. The lowest BCUT2D eigenvalue weighted by atomic mass is 10.2. The van der Waals surface area contributed by atoms with Gasteiger partial charge >= 0.3 is 0 Å².